The molecule has 3 aliphatic heterocycles. The van der Waals surface area contributed by atoms with E-state index >= 15 is 0 Å². The largest absolute Gasteiger partial charge is 0.433 e. The Labute approximate surface area is 156 Å². The van der Waals surface area contributed by atoms with Crippen molar-refractivity contribution in [1.82, 2.24) is 14.2 Å². The van der Waals surface area contributed by atoms with Crippen molar-refractivity contribution >= 4 is 11.9 Å². The lowest BCUT2D eigenvalue weighted by Crippen LogP contribution is -2.70. The number of alkyl halides is 3. The van der Waals surface area contributed by atoms with E-state index in [0.29, 0.717) is 22.6 Å². The molecule has 1 spiro atoms. The van der Waals surface area contributed by atoms with Crippen LogP contribution in [0.15, 0.2) is 11.0 Å². The van der Waals surface area contributed by atoms with E-state index in [0.717, 1.165) is 56.9 Å². The van der Waals surface area contributed by atoms with Crippen LogP contribution in [-0.4, -0.2) is 60.1 Å². The van der Waals surface area contributed by atoms with Gasteiger partial charge in [0.05, 0.1) is 12.3 Å². The average molecular weight is 387 g/mol. The molecule has 0 saturated carbocycles. The first-order valence-corrected chi connectivity index (χ1v) is 9.80. The molecule has 4 rings (SSSR count). The summed E-state index contributed by atoms with van der Waals surface area (Å²) in [4.78, 5) is 7.13. The van der Waals surface area contributed by atoms with Gasteiger partial charge in [0, 0.05) is 49.6 Å². The van der Waals surface area contributed by atoms with Crippen molar-refractivity contribution in [2.45, 2.75) is 31.3 Å². The van der Waals surface area contributed by atoms with Crippen LogP contribution in [0, 0.1) is 25.2 Å². The monoisotopic (exact) mass is 387 g/mol. The van der Waals surface area contributed by atoms with E-state index in [1.54, 1.807) is 25.8 Å². The highest BCUT2D eigenvalue weighted by molar-refractivity contribution is 7.97. The first kappa shape index (κ1) is 18.5. The van der Waals surface area contributed by atoms with Gasteiger partial charge in [-0.25, -0.2) is 9.29 Å². The van der Waals surface area contributed by atoms with Gasteiger partial charge >= 0.3 is 6.18 Å². The average Bonchev–Trinajstić information content (AvgIpc) is 2.97. The number of ether oxygens (including phenoxy) is 1. The van der Waals surface area contributed by atoms with Gasteiger partial charge in [-0.05, 0) is 49.8 Å². The Balaban J connectivity index is 1.29. The molecule has 144 valence electrons. The molecular weight excluding hydrogens is 363 g/mol. The van der Waals surface area contributed by atoms with Crippen molar-refractivity contribution in [3.05, 3.63) is 23.0 Å². The molecule has 1 aromatic rings. The first-order chi connectivity index (χ1) is 12.2. The van der Waals surface area contributed by atoms with Gasteiger partial charge in [0.25, 0.3) is 0 Å². The van der Waals surface area contributed by atoms with Crippen LogP contribution in [-0.2, 0) is 10.9 Å². The zero-order valence-corrected chi connectivity index (χ0v) is 15.9. The van der Waals surface area contributed by atoms with Crippen molar-refractivity contribution in [2.75, 3.05) is 45.9 Å². The summed E-state index contributed by atoms with van der Waals surface area (Å²) in [7, 11) is 0. The highest BCUT2D eigenvalue weighted by Gasteiger charge is 2.52. The minimum absolute atomic E-state index is 0.383. The fourth-order valence-electron chi connectivity index (χ4n) is 4.32. The number of nitrogens with zero attached hydrogens (tertiary/aromatic N) is 3. The number of halogens is 3. The van der Waals surface area contributed by atoms with Crippen LogP contribution in [0.4, 0.5) is 13.2 Å². The molecule has 0 radical (unpaired) electrons. The number of rotatable bonds is 4. The zero-order valence-electron chi connectivity index (χ0n) is 15.1. The van der Waals surface area contributed by atoms with Crippen LogP contribution in [0.25, 0.3) is 0 Å². The third kappa shape index (κ3) is 3.61. The predicted molar refractivity (Wildman–Crippen MR) is 93.9 cm³/mol. The SMILES string of the molecule is Cc1cc(C(F)(F)F)nc(C)c1SN1CC2(CN(CC3CCOC3)C2)C1. The number of aromatic nitrogens is 1. The molecule has 1 atom stereocenters. The van der Waals surface area contributed by atoms with E-state index in [-0.39, 0.29) is 0 Å². The molecule has 0 aromatic carbocycles. The van der Waals surface area contributed by atoms with E-state index in [2.05, 4.69) is 14.2 Å². The smallest absolute Gasteiger partial charge is 0.381 e. The highest BCUT2D eigenvalue weighted by atomic mass is 32.2. The fraction of sp³-hybridized carbons (Fsp3) is 0.722. The van der Waals surface area contributed by atoms with Crippen molar-refractivity contribution in [1.29, 1.82) is 0 Å². The van der Waals surface area contributed by atoms with Crippen LogP contribution >= 0.6 is 11.9 Å². The Bertz CT molecular complexity index is 654. The Morgan fingerprint density at radius 1 is 1.27 bits per heavy atom. The van der Waals surface area contributed by atoms with Crippen LogP contribution in [0.3, 0.4) is 0 Å². The topological polar surface area (TPSA) is 28.6 Å². The van der Waals surface area contributed by atoms with Crippen LogP contribution in [0.2, 0.25) is 0 Å². The molecule has 4 heterocycles. The third-order valence-electron chi connectivity index (χ3n) is 5.52. The number of pyridine rings is 1. The molecule has 8 heteroatoms. The number of hydrogen-bond acceptors (Lipinski definition) is 5. The van der Waals surface area contributed by atoms with Crippen molar-refractivity contribution in [3.8, 4) is 0 Å². The van der Waals surface area contributed by atoms with Crippen molar-refractivity contribution in [2.24, 2.45) is 11.3 Å². The molecule has 0 bridgehead atoms. The molecule has 26 heavy (non-hydrogen) atoms. The Morgan fingerprint density at radius 3 is 2.58 bits per heavy atom. The molecule has 3 aliphatic rings. The number of aryl methyl sites for hydroxylation is 2. The summed E-state index contributed by atoms with van der Waals surface area (Å²) in [5.41, 5.74) is 0.683. The number of hydrogen-bond donors (Lipinski definition) is 0. The van der Waals surface area contributed by atoms with Crippen LogP contribution in [0.1, 0.15) is 23.4 Å². The third-order valence-corrected chi connectivity index (χ3v) is 6.84. The Kier molecular flexibility index (Phi) is 4.74. The van der Waals surface area contributed by atoms with E-state index < -0.39 is 11.9 Å². The molecule has 4 nitrogen and oxygen atoms in total. The van der Waals surface area contributed by atoms with Gasteiger partial charge in [-0.2, -0.15) is 13.2 Å². The molecule has 3 fully saturated rings. The number of likely N-dealkylation sites (tertiary alicyclic amines) is 1. The minimum atomic E-state index is -4.39. The second-order valence-corrected chi connectivity index (χ2v) is 9.13. The van der Waals surface area contributed by atoms with Crippen LogP contribution in [0.5, 0.6) is 0 Å². The summed E-state index contributed by atoms with van der Waals surface area (Å²) in [6.45, 7) is 10.6. The van der Waals surface area contributed by atoms with Gasteiger partial charge in [-0.3, -0.25) is 0 Å². The summed E-state index contributed by atoms with van der Waals surface area (Å²) in [6.07, 6.45) is -3.22. The molecular formula is C18H24F3N3OS. The summed E-state index contributed by atoms with van der Waals surface area (Å²) in [5, 5.41) is 0. The lowest BCUT2D eigenvalue weighted by atomic mass is 9.74. The second kappa shape index (κ2) is 6.65. The van der Waals surface area contributed by atoms with Gasteiger partial charge < -0.3 is 9.64 Å². The molecule has 0 N–H and O–H groups in total. The van der Waals surface area contributed by atoms with Crippen LogP contribution < -0.4 is 0 Å². The van der Waals surface area contributed by atoms with E-state index in [1.165, 1.54) is 6.42 Å². The van der Waals surface area contributed by atoms with Gasteiger partial charge in [0.15, 0.2) is 0 Å². The van der Waals surface area contributed by atoms with E-state index in [9.17, 15) is 13.2 Å². The van der Waals surface area contributed by atoms with Gasteiger partial charge in [0.2, 0.25) is 0 Å². The van der Waals surface area contributed by atoms with Crippen molar-refractivity contribution in [3.63, 3.8) is 0 Å². The van der Waals surface area contributed by atoms with Gasteiger partial charge in [-0.15, -0.1) is 0 Å². The lowest BCUT2D eigenvalue weighted by molar-refractivity contribution is -0.141. The predicted octanol–water partition coefficient (Wildman–Crippen LogP) is 3.38. The maximum absolute atomic E-state index is 12.9. The van der Waals surface area contributed by atoms with Gasteiger partial charge in [0.1, 0.15) is 5.69 Å². The summed E-state index contributed by atoms with van der Waals surface area (Å²) in [5.74, 6) is 0.682. The lowest BCUT2D eigenvalue weighted by Gasteiger charge is -2.60. The minimum Gasteiger partial charge on any atom is -0.381 e. The summed E-state index contributed by atoms with van der Waals surface area (Å²) in [6, 6.07) is 1.15. The molecule has 1 aromatic heterocycles. The fourth-order valence-corrected chi connectivity index (χ4v) is 5.64. The maximum Gasteiger partial charge on any atom is 0.433 e. The van der Waals surface area contributed by atoms with Gasteiger partial charge in [-0.1, -0.05) is 0 Å². The highest BCUT2D eigenvalue weighted by Crippen LogP contribution is 2.46. The van der Waals surface area contributed by atoms with Crippen molar-refractivity contribution < 1.29 is 17.9 Å². The molecule has 0 aliphatic carbocycles. The summed E-state index contributed by atoms with van der Waals surface area (Å²) < 4.78 is 46.3. The summed E-state index contributed by atoms with van der Waals surface area (Å²) >= 11 is 1.55. The first-order valence-electron chi connectivity index (χ1n) is 9.03. The maximum atomic E-state index is 12.9. The zero-order chi connectivity index (χ0) is 18.5. The Morgan fingerprint density at radius 2 is 2.00 bits per heavy atom. The quantitative estimate of drug-likeness (QED) is 0.739. The molecule has 1 unspecified atom stereocenters. The Hall–Kier alpha value is -0.830. The standard InChI is InChI=1S/C18H24F3N3OS/c1-12-5-15(18(19,20)21)22-13(2)16(12)26-24-10-17(11-24)8-23(9-17)6-14-3-4-25-7-14/h5,14H,3-4,6-11H2,1-2H3. The normalized spacial score (nSPS) is 26.1. The van der Waals surface area contributed by atoms with E-state index in [1.807, 2.05) is 0 Å². The molecule has 3 saturated heterocycles. The molecule has 0 amide bonds. The second-order valence-electron chi connectivity index (χ2n) is 8.03. The van der Waals surface area contributed by atoms with E-state index in [4.69, 9.17) is 4.74 Å².